The maximum absolute atomic E-state index is 13.7. The number of amides is 2. The summed E-state index contributed by atoms with van der Waals surface area (Å²) in [5.74, 6) is -1.02. The van der Waals surface area contributed by atoms with Crippen LogP contribution in [0.15, 0.2) is 89.9 Å². The van der Waals surface area contributed by atoms with Gasteiger partial charge in [0.25, 0.3) is 17.4 Å². The van der Waals surface area contributed by atoms with Crippen LogP contribution in [0.4, 0.5) is 30.2 Å². The number of nitrogens with two attached hydrogens (primary N) is 1. The molecule has 8 nitrogen and oxygen atoms in total. The standard InChI is InChI=1S/C29H22F3N5O3/c1-37-15-20(18-6-2-3-7-21(18)29(30,31)32)19-14-24(35-25(19)28(37)40)27(39)34-17-12-10-16(11-13-17)26(38)36-23-9-5-4-8-22(23)33/h2-15,35H,33H2,1H3,(H,34,39)(H,36,38). The summed E-state index contributed by atoms with van der Waals surface area (Å²) in [6.45, 7) is 0. The molecule has 2 amide bonds. The monoisotopic (exact) mass is 545 g/mol. The molecule has 11 heteroatoms. The van der Waals surface area contributed by atoms with Gasteiger partial charge in [-0.1, -0.05) is 30.3 Å². The van der Waals surface area contributed by atoms with Gasteiger partial charge in [0.2, 0.25) is 0 Å². The van der Waals surface area contributed by atoms with Gasteiger partial charge in [0, 0.05) is 35.4 Å². The first-order valence-electron chi connectivity index (χ1n) is 12.0. The van der Waals surface area contributed by atoms with E-state index in [1.807, 2.05) is 0 Å². The number of aromatic nitrogens is 2. The van der Waals surface area contributed by atoms with Crippen molar-refractivity contribution in [3.05, 3.63) is 112 Å². The number of carbonyl (C=O) groups excluding carboxylic acids is 2. The maximum Gasteiger partial charge on any atom is 0.417 e. The minimum Gasteiger partial charge on any atom is -0.397 e. The van der Waals surface area contributed by atoms with Crippen molar-refractivity contribution in [2.45, 2.75) is 6.18 Å². The number of nitrogens with zero attached hydrogens (tertiary/aromatic N) is 1. The fourth-order valence-corrected chi connectivity index (χ4v) is 4.34. The minimum absolute atomic E-state index is 0.00525. The molecule has 0 aliphatic carbocycles. The van der Waals surface area contributed by atoms with E-state index in [-0.39, 0.29) is 27.7 Å². The topological polar surface area (TPSA) is 122 Å². The average molecular weight is 546 g/mol. The lowest BCUT2D eigenvalue weighted by Crippen LogP contribution is -2.17. The van der Waals surface area contributed by atoms with Crippen LogP contribution in [-0.2, 0) is 13.2 Å². The number of nitrogens with one attached hydrogen (secondary N) is 3. The Hall–Kier alpha value is -5.32. The zero-order valence-corrected chi connectivity index (χ0v) is 21.0. The molecule has 202 valence electrons. The Morgan fingerprint density at radius 3 is 2.25 bits per heavy atom. The van der Waals surface area contributed by atoms with Crippen molar-refractivity contribution in [3.8, 4) is 11.1 Å². The predicted molar refractivity (Wildman–Crippen MR) is 147 cm³/mol. The molecule has 0 aliphatic rings. The fraction of sp³-hybridized carbons (Fsp3) is 0.0690. The van der Waals surface area contributed by atoms with Crippen LogP contribution in [-0.4, -0.2) is 21.4 Å². The second kappa shape index (κ2) is 10.1. The zero-order chi connectivity index (χ0) is 28.6. The molecule has 2 heterocycles. The molecule has 0 spiro atoms. The highest BCUT2D eigenvalue weighted by molar-refractivity contribution is 6.09. The number of aromatic amines is 1. The number of benzene rings is 3. The van der Waals surface area contributed by atoms with Crippen LogP contribution in [0.1, 0.15) is 26.4 Å². The number of halogens is 3. The molecule has 0 radical (unpaired) electrons. The van der Waals surface area contributed by atoms with Gasteiger partial charge in [0.1, 0.15) is 11.2 Å². The summed E-state index contributed by atoms with van der Waals surface area (Å²) in [6.07, 6.45) is -3.30. The number of anilines is 3. The number of H-pyrrole nitrogens is 1. The van der Waals surface area contributed by atoms with Crippen molar-refractivity contribution in [1.82, 2.24) is 9.55 Å². The van der Waals surface area contributed by atoms with E-state index < -0.39 is 29.1 Å². The van der Waals surface area contributed by atoms with Gasteiger partial charge in [-0.05, 0) is 54.1 Å². The minimum atomic E-state index is -4.62. The molecule has 0 bridgehead atoms. The Bertz CT molecular complexity index is 1820. The third-order valence-corrected chi connectivity index (χ3v) is 6.35. The number of hydrogen-bond acceptors (Lipinski definition) is 4. The highest BCUT2D eigenvalue weighted by Gasteiger charge is 2.34. The predicted octanol–water partition coefficient (Wildman–Crippen LogP) is 5.64. The average Bonchev–Trinajstić information content (AvgIpc) is 3.38. The summed E-state index contributed by atoms with van der Waals surface area (Å²) in [6, 6.07) is 19.3. The van der Waals surface area contributed by atoms with Gasteiger partial charge in [0.15, 0.2) is 0 Å². The quantitative estimate of drug-likeness (QED) is 0.214. The molecule has 5 N–H and O–H groups in total. The summed E-state index contributed by atoms with van der Waals surface area (Å²) in [4.78, 5) is 41.1. The molecular weight excluding hydrogens is 523 g/mol. The molecule has 2 aromatic heterocycles. The lowest BCUT2D eigenvalue weighted by Gasteiger charge is -2.14. The molecule has 0 saturated carbocycles. The second-order valence-corrected chi connectivity index (χ2v) is 9.05. The molecule has 0 atom stereocenters. The van der Waals surface area contributed by atoms with E-state index in [2.05, 4.69) is 15.6 Å². The first kappa shape index (κ1) is 26.3. The Labute approximate surface area is 225 Å². The summed E-state index contributed by atoms with van der Waals surface area (Å²) >= 11 is 0. The number of carbonyl (C=O) groups is 2. The van der Waals surface area contributed by atoms with Crippen LogP contribution in [0, 0.1) is 0 Å². The van der Waals surface area contributed by atoms with Crippen LogP contribution >= 0.6 is 0 Å². The SMILES string of the molecule is Cn1cc(-c2ccccc2C(F)(F)F)c2cc(C(=O)Nc3ccc(C(=O)Nc4ccccc4N)cc3)[nH]c2c1=O. The van der Waals surface area contributed by atoms with Crippen molar-refractivity contribution in [2.24, 2.45) is 7.05 Å². The van der Waals surface area contributed by atoms with Gasteiger partial charge in [-0.3, -0.25) is 14.4 Å². The summed E-state index contributed by atoms with van der Waals surface area (Å²) < 4.78 is 42.3. The number of alkyl halides is 3. The van der Waals surface area contributed by atoms with Crippen LogP contribution in [0.25, 0.3) is 22.0 Å². The van der Waals surface area contributed by atoms with E-state index in [0.29, 0.717) is 22.6 Å². The smallest absolute Gasteiger partial charge is 0.397 e. The second-order valence-electron chi connectivity index (χ2n) is 9.05. The molecule has 0 fully saturated rings. The van der Waals surface area contributed by atoms with E-state index in [4.69, 9.17) is 5.73 Å². The number of pyridine rings is 1. The van der Waals surface area contributed by atoms with Gasteiger partial charge in [0.05, 0.1) is 16.9 Å². The Morgan fingerprint density at radius 2 is 1.55 bits per heavy atom. The number of rotatable bonds is 5. The number of fused-ring (bicyclic) bond motifs is 1. The molecule has 0 saturated heterocycles. The van der Waals surface area contributed by atoms with Gasteiger partial charge in [-0.15, -0.1) is 0 Å². The van der Waals surface area contributed by atoms with Crippen LogP contribution in [0.5, 0.6) is 0 Å². The van der Waals surface area contributed by atoms with E-state index in [9.17, 15) is 27.6 Å². The third-order valence-electron chi connectivity index (χ3n) is 6.35. The molecule has 40 heavy (non-hydrogen) atoms. The first-order chi connectivity index (χ1) is 19.0. The van der Waals surface area contributed by atoms with E-state index in [1.54, 1.807) is 24.3 Å². The van der Waals surface area contributed by atoms with E-state index >= 15 is 0 Å². The highest BCUT2D eigenvalue weighted by Crippen LogP contribution is 2.39. The molecule has 0 unspecified atom stereocenters. The lowest BCUT2D eigenvalue weighted by molar-refractivity contribution is -0.137. The molecule has 3 aromatic carbocycles. The number of para-hydroxylation sites is 2. The third kappa shape index (κ3) is 5.04. The highest BCUT2D eigenvalue weighted by atomic mass is 19.4. The van der Waals surface area contributed by atoms with Crippen molar-refractivity contribution >= 4 is 39.8 Å². The van der Waals surface area contributed by atoms with Crippen molar-refractivity contribution in [1.29, 1.82) is 0 Å². The van der Waals surface area contributed by atoms with Gasteiger partial charge in [-0.25, -0.2) is 0 Å². The van der Waals surface area contributed by atoms with Crippen LogP contribution < -0.4 is 21.9 Å². The summed E-state index contributed by atoms with van der Waals surface area (Å²) in [5, 5.41) is 5.55. The van der Waals surface area contributed by atoms with Crippen molar-refractivity contribution in [3.63, 3.8) is 0 Å². The molecule has 5 aromatic rings. The molecular formula is C29H22F3N5O3. The molecule has 5 rings (SSSR count). The van der Waals surface area contributed by atoms with Crippen LogP contribution in [0.3, 0.4) is 0 Å². The molecule has 0 aliphatic heterocycles. The van der Waals surface area contributed by atoms with Crippen LogP contribution in [0.2, 0.25) is 0 Å². The number of nitrogen functional groups attached to an aromatic ring is 1. The number of hydrogen-bond donors (Lipinski definition) is 4. The Balaban J connectivity index is 1.42. The van der Waals surface area contributed by atoms with Gasteiger partial charge < -0.3 is 25.9 Å². The lowest BCUT2D eigenvalue weighted by atomic mass is 9.98. The zero-order valence-electron chi connectivity index (χ0n) is 21.0. The normalized spacial score (nSPS) is 11.4. The van der Waals surface area contributed by atoms with Crippen molar-refractivity contribution in [2.75, 3.05) is 16.4 Å². The van der Waals surface area contributed by atoms with E-state index in [0.717, 1.165) is 10.6 Å². The van der Waals surface area contributed by atoms with Crippen molar-refractivity contribution < 1.29 is 22.8 Å². The Morgan fingerprint density at radius 1 is 0.875 bits per heavy atom. The summed E-state index contributed by atoms with van der Waals surface area (Å²) in [7, 11) is 1.42. The van der Waals surface area contributed by atoms with E-state index in [1.165, 1.54) is 61.8 Å². The largest absolute Gasteiger partial charge is 0.417 e. The number of aryl methyl sites for hydroxylation is 1. The summed E-state index contributed by atoms with van der Waals surface area (Å²) in [5.41, 5.74) is 6.06. The maximum atomic E-state index is 13.7. The van der Waals surface area contributed by atoms with Gasteiger partial charge in [-0.2, -0.15) is 13.2 Å². The fourth-order valence-electron chi connectivity index (χ4n) is 4.34. The Kier molecular flexibility index (Phi) is 6.64. The first-order valence-corrected chi connectivity index (χ1v) is 12.0. The van der Waals surface area contributed by atoms with Gasteiger partial charge >= 0.3 is 6.18 Å².